The van der Waals surface area contributed by atoms with Crippen molar-refractivity contribution < 1.29 is 16.1 Å². The molecule has 8 unspecified atom stereocenters. The van der Waals surface area contributed by atoms with E-state index < -0.39 is 6.51 Å². The van der Waals surface area contributed by atoms with Crippen molar-refractivity contribution in [3.63, 3.8) is 0 Å². The SMILES string of the molecule is CC(=O)[C]12[CH]3[CH]4[CH]5[CH]1[Fe]45321678[CH]2[CH]1[CH]6[C]7(C(=O)C#Cc1ccccc1)[CH]28. The molecule has 24 heavy (non-hydrogen) atoms. The second kappa shape index (κ2) is 1.01. The van der Waals surface area contributed by atoms with E-state index in [1.807, 2.05) is 37.3 Å². The van der Waals surface area contributed by atoms with Gasteiger partial charge in [0.15, 0.2) is 0 Å². The first-order chi connectivity index (χ1) is 11.4. The van der Waals surface area contributed by atoms with Gasteiger partial charge in [0, 0.05) is 0 Å². The quantitative estimate of drug-likeness (QED) is 0.584. The van der Waals surface area contributed by atoms with Crippen LogP contribution < -0.4 is 0 Å². The predicted octanol–water partition coefficient (Wildman–Crippen LogP) is 4.33. The van der Waals surface area contributed by atoms with E-state index in [2.05, 4.69) is 11.8 Å². The predicted molar refractivity (Wildman–Crippen MR) is 84.4 cm³/mol. The van der Waals surface area contributed by atoms with Crippen molar-refractivity contribution >= 4 is 11.6 Å². The molecule has 10 aliphatic heterocycles. The fourth-order valence-corrected chi connectivity index (χ4v) is 94.9. The van der Waals surface area contributed by atoms with Gasteiger partial charge in [-0.05, 0) is 0 Å². The molecule has 11 rings (SSSR count). The van der Waals surface area contributed by atoms with Crippen molar-refractivity contribution in [2.45, 2.75) is 54.1 Å². The van der Waals surface area contributed by atoms with Crippen LogP contribution in [-0.4, -0.2) is 11.6 Å². The van der Waals surface area contributed by atoms with Crippen LogP contribution >= 0.6 is 0 Å². The minimum absolute atomic E-state index is 0.0435. The summed E-state index contributed by atoms with van der Waals surface area (Å²) in [6.45, 7) is -2.01. The molecule has 120 valence electrons. The van der Waals surface area contributed by atoms with Crippen molar-refractivity contribution in [2.24, 2.45) is 0 Å². The van der Waals surface area contributed by atoms with Gasteiger partial charge in [0.2, 0.25) is 0 Å². The molecule has 0 saturated carbocycles. The average molecular weight is 356 g/mol. The first-order valence-corrected chi connectivity index (χ1v) is 15.4. The number of Topliss-reactive ketones (excluding diaryl/α,β-unsaturated/α-hetero) is 2. The number of ketones is 2. The summed E-state index contributed by atoms with van der Waals surface area (Å²) in [5.41, 5.74) is 0.943. The van der Waals surface area contributed by atoms with Gasteiger partial charge in [0.25, 0.3) is 0 Å². The number of fused-ring (bicyclic) bond motifs is 10. The molecule has 0 amide bonds. The molecular formula is C21H16FeO2. The van der Waals surface area contributed by atoms with Gasteiger partial charge >= 0.3 is 129 Å². The molecule has 0 aromatic heterocycles. The Morgan fingerprint density at radius 3 is 1.92 bits per heavy atom. The summed E-state index contributed by atoms with van der Waals surface area (Å²) in [5.74, 6) is 7.10. The molecular weight excluding hydrogens is 340 g/mol. The third-order valence-corrected chi connectivity index (χ3v) is 59.6. The van der Waals surface area contributed by atoms with Crippen LogP contribution in [0, 0.1) is 11.8 Å². The second-order valence-electron chi connectivity index (χ2n) is 12.3. The Morgan fingerprint density at radius 1 is 0.917 bits per heavy atom. The second-order valence-corrected chi connectivity index (χ2v) is 35.5. The van der Waals surface area contributed by atoms with Gasteiger partial charge in [-0.25, -0.2) is 0 Å². The van der Waals surface area contributed by atoms with Crippen LogP contribution in [0.15, 0.2) is 30.3 Å². The summed E-state index contributed by atoms with van der Waals surface area (Å²) in [4.78, 5) is 33.3. The van der Waals surface area contributed by atoms with Crippen LogP contribution in [-0.2, 0) is 16.1 Å². The summed E-state index contributed by atoms with van der Waals surface area (Å²) >= 11 is 0. The summed E-state index contributed by atoms with van der Waals surface area (Å²) in [7, 11) is 0. The minimum atomic E-state index is -3.90. The standard InChI is InChI=1S/C14H9O.C7H7O.Fe/c15-14(13-8-4-5-9-13)11-10-12-6-2-1-3-7-12;1-6(8)7-4-2-3-5-7;/h1-9H;2-5H,1H3;. The first kappa shape index (κ1) is 9.95. The van der Waals surface area contributed by atoms with Gasteiger partial charge < -0.3 is 0 Å². The first-order valence-electron chi connectivity index (χ1n) is 9.21. The fourth-order valence-electron chi connectivity index (χ4n) is 18.9. The number of benzene rings is 1. The van der Waals surface area contributed by atoms with Crippen molar-refractivity contribution in [3.05, 3.63) is 35.9 Å². The molecule has 2 nitrogen and oxygen atoms in total. The maximum atomic E-state index is 13.5. The Kier molecular flexibility index (Phi) is 0.418. The zero-order valence-corrected chi connectivity index (χ0v) is 14.3. The summed E-state index contributed by atoms with van der Waals surface area (Å²) in [6.07, 6.45) is 0. The molecule has 10 aliphatic rings. The molecule has 8 atom stereocenters. The van der Waals surface area contributed by atoms with Crippen molar-refractivity contribution in [3.8, 4) is 11.8 Å². The molecule has 3 heteroatoms. The number of hydrogen-bond donors (Lipinski definition) is 0. The topological polar surface area (TPSA) is 34.1 Å². The third-order valence-electron chi connectivity index (χ3n) is 16.8. The van der Waals surface area contributed by atoms with Crippen molar-refractivity contribution in [1.82, 2.24) is 0 Å². The molecule has 1 spiro atoms. The van der Waals surface area contributed by atoms with Gasteiger partial charge in [-0.2, -0.15) is 0 Å². The van der Waals surface area contributed by atoms with E-state index in [1.165, 1.54) is 0 Å². The van der Waals surface area contributed by atoms with Crippen molar-refractivity contribution in [1.29, 1.82) is 0 Å². The van der Waals surface area contributed by atoms with Gasteiger partial charge in [-0.1, -0.05) is 0 Å². The fraction of sp³-hybridized carbons (Fsp3) is 0.524. The van der Waals surface area contributed by atoms with Crippen LogP contribution in [0.25, 0.3) is 0 Å². The number of carbonyl (C=O) groups is 2. The molecule has 0 aliphatic carbocycles. The Labute approximate surface area is 129 Å². The van der Waals surface area contributed by atoms with Crippen LogP contribution in [0.3, 0.4) is 0 Å². The van der Waals surface area contributed by atoms with Gasteiger partial charge in [0.05, 0.1) is 0 Å². The number of carbonyl (C=O) groups excluding carboxylic acids is 2. The molecule has 10 saturated heterocycles. The Hall–Kier alpha value is -1.36. The summed E-state index contributed by atoms with van der Waals surface area (Å²) in [5, 5.41) is 0. The molecule has 0 radical (unpaired) electrons. The Morgan fingerprint density at radius 2 is 1.46 bits per heavy atom. The molecule has 0 N–H and O–H groups in total. The van der Waals surface area contributed by atoms with E-state index in [4.69, 9.17) is 0 Å². The summed E-state index contributed by atoms with van der Waals surface area (Å²) < 4.78 is 0.209. The number of hydrogen-bond acceptors (Lipinski definition) is 2. The van der Waals surface area contributed by atoms with Crippen LogP contribution in [0.5, 0.6) is 0 Å². The van der Waals surface area contributed by atoms with Crippen LogP contribution in [0.4, 0.5) is 0 Å². The molecule has 1 aromatic rings. The average Bonchev–Trinajstić information content (AvgIpc) is 3.53. The van der Waals surface area contributed by atoms with Gasteiger partial charge in [-0.15, -0.1) is 0 Å². The van der Waals surface area contributed by atoms with Crippen molar-refractivity contribution in [2.75, 3.05) is 0 Å². The molecule has 1 aromatic carbocycles. The van der Waals surface area contributed by atoms with Gasteiger partial charge in [-0.3, -0.25) is 0 Å². The maximum absolute atomic E-state index is 13.5. The van der Waals surface area contributed by atoms with Crippen LogP contribution in [0.2, 0.25) is 47.2 Å². The van der Waals surface area contributed by atoms with E-state index in [0.29, 0.717) is 11.6 Å². The zero-order chi connectivity index (χ0) is 15.6. The zero-order valence-electron chi connectivity index (χ0n) is 13.2. The Bertz CT molecular complexity index is 1500. The van der Waals surface area contributed by atoms with E-state index in [-0.39, 0.29) is 8.63 Å². The van der Waals surface area contributed by atoms with Crippen LogP contribution in [0.1, 0.15) is 12.5 Å². The summed E-state index contributed by atoms with van der Waals surface area (Å²) in [6, 6.07) is 9.90. The third kappa shape index (κ3) is 0.128. The number of rotatable bonds is 2. The Balaban J connectivity index is 1.26. The van der Waals surface area contributed by atoms with E-state index in [1.54, 1.807) is 0 Å². The normalized spacial score (nSPS) is 89.9. The molecule has 0 bridgehead atoms. The van der Waals surface area contributed by atoms with E-state index in [0.717, 1.165) is 44.1 Å². The molecule has 10 fully saturated rings. The molecule has 10 heterocycles. The van der Waals surface area contributed by atoms with Gasteiger partial charge in [0.1, 0.15) is 0 Å². The monoisotopic (exact) mass is 356 g/mol. The van der Waals surface area contributed by atoms with E-state index >= 15 is 0 Å². The van der Waals surface area contributed by atoms with E-state index in [9.17, 15) is 9.59 Å².